The smallest absolute Gasteiger partial charge is 0.349 e. The molecular weight excluding hydrogens is 529 g/mol. The van der Waals surface area contributed by atoms with Crippen LogP contribution >= 0.6 is 11.6 Å². The summed E-state index contributed by atoms with van der Waals surface area (Å²) in [5, 5.41) is 1.15. The molecule has 0 unspecified atom stereocenters. The van der Waals surface area contributed by atoms with Gasteiger partial charge in [0, 0.05) is 42.4 Å². The van der Waals surface area contributed by atoms with Crippen LogP contribution < -0.4 is 4.90 Å². The van der Waals surface area contributed by atoms with Gasteiger partial charge >= 0.3 is 6.18 Å². The van der Waals surface area contributed by atoms with Gasteiger partial charge in [0.25, 0.3) is 0 Å². The van der Waals surface area contributed by atoms with Gasteiger partial charge in [0.05, 0.1) is 22.5 Å². The largest absolute Gasteiger partial charge is 0.409 e. The Morgan fingerprint density at radius 3 is 2.68 bits per heavy atom. The first-order valence-corrected chi connectivity index (χ1v) is 12.0. The number of fused-ring (bicyclic) bond motifs is 3. The number of hydrogen-bond acceptors (Lipinski definition) is 5. The Labute approximate surface area is 217 Å². The van der Waals surface area contributed by atoms with Crippen LogP contribution in [0.2, 0.25) is 5.02 Å². The van der Waals surface area contributed by atoms with Gasteiger partial charge in [0.2, 0.25) is 5.91 Å². The van der Waals surface area contributed by atoms with E-state index in [1.807, 2.05) is 4.90 Å². The number of carbonyl (C=O) groups excluding carboxylic acids is 1. The first-order valence-electron chi connectivity index (χ1n) is 11.6. The molecule has 6 rings (SSSR count). The number of carbonyl (C=O) groups is 1. The molecule has 0 bridgehead atoms. The number of benzene rings is 2. The van der Waals surface area contributed by atoms with E-state index in [1.54, 1.807) is 24.3 Å². The third-order valence-corrected chi connectivity index (χ3v) is 7.43. The fraction of sp³-hybridized carbons (Fsp3) is 0.231. The summed E-state index contributed by atoms with van der Waals surface area (Å²) in [6.07, 6.45) is -0.917. The second-order valence-electron chi connectivity index (χ2n) is 9.13. The molecule has 38 heavy (non-hydrogen) atoms. The molecule has 2 aliphatic rings. The van der Waals surface area contributed by atoms with E-state index in [9.17, 15) is 22.4 Å². The molecule has 2 atom stereocenters. The summed E-state index contributed by atoms with van der Waals surface area (Å²) in [4.78, 5) is 28.4. The standard InChI is InChI=1S/C26H17ClF5N5O/c27-21-16(28)5-4-13-2-1-3-14(20(13)21)23-22(29)24-15(10-33-23)25(35-12-34-24)37-11-18-17(37)7-9-36(18)19(38)6-8-26(30,31)32/h1-6,8,10,12,17-18H,7,9,11H2/b8-6+/t17-,18-/m1/s1. The van der Waals surface area contributed by atoms with E-state index in [0.29, 0.717) is 53.1 Å². The first-order chi connectivity index (χ1) is 18.1. The maximum Gasteiger partial charge on any atom is 0.409 e. The van der Waals surface area contributed by atoms with Crippen LogP contribution in [0.25, 0.3) is 32.9 Å². The van der Waals surface area contributed by atoms with Gasteiger partial charge in [-0.05, 0) is 17.9 Å². The molecule has 2 aromatic carbocycles. The summed E-state index contributed by atoms with van der Waals surface area (Å²) in [5.74, 6) is -1.65. The SMILES string of the molecule is O=C(/C=C/C(F)(F)F)N1CC[C@@H]2[C@H]1CN2c1ncnc2c(F)c(-c3cccc4ccc(F)c(Cl)c34)ncc12. The quantitative estimate of drug-likeness (QED) is 0.245. The van der Waals surface area contributed by atoms with E-state index in [-0.39, 0.29) is 34.4 Å². The van der Waals surface area contributed by atoms with E-state index in [1.165, 1.54) is 23.5 Å². The second-order valence-corrected chi connectivity index (χ2v) is 9.51. The average molecular weight is 546 g/mol. The van der Waals surface area contributed by atoms with Gasteiger partial charge < -0.3 is 9.80 Å². The Balaban J connectivity index is 1.34. The topological polar surface area (TPSA) is 62.2 Å². The fourth-order valence-electron chi connectivity index (χ4n) is 5.30. The number of aromatic nitrogens is 3. The first kappa shape index (κ1) is 24.5. The van der Waals surface area contributed by atoms with Crippen molar-refractivity contribution in [3.63, 3.8) is 0 Å². The molecule has 0 radical (unpaired) electrons. The third-order valence-electron chi connectivity index (χ3n) is 7.06. The van der Waals surface area contributed by atoms with Gasteiger partial charge in [0.1, 0.15) is 29.2 Å². The Morgan fingerprint density at radius 2 is 1.89 bits per heavy atom. The molecule has 4 aromatic rings. The molecular formula is C26H17ClF5N5O. The molecule has 2 aromatic heterocycles. The number of halogens is 6. The van der Waals surface area contributed by atoms with Gasteiger partial charge in [-0.25, -0.2) is 18.7 Å². The summed E-state index contributed by atoms with van der Waals surface area (Å²) in [7, 11) is 0. The van der Waals surface area contributed by atoms with Crippen LogP contribution in [-0.2, 0) is 4.79 Å². The van der Waals surface area contributed by atoms with Crippen LogP contribution in [-0.4, -0.2) is 57.1 Å². The van der Waals surface area contributed by atoms with Crippen LogP contribution in [0.5, 0.6) is 0 Å². The highest BCUT2D eigenvalue weighted by molar-refractivity contribution is 6.36. The molecule has 6 nitrogen and oxygen atoms in total. The number of rotatable bonds is 3. The van der Waals surface area contributed by atoms with E-state index in [2.05, 4.69) is 15.0 Å². The van der Waals surface area contributed by atoms with Crippen LogP contribution in [0.4, 0.5) is 27.8 Å². The molecule has 1 amide bonds. The highest BCUT2D eigenvalue weighted by atomic mass is 35.5. The van der Waals surface area contributed by atoms with Crippen molar-refractivity contribution < 1.29 is 26.7 Å². The van der Waals surface area contributed by atoms with Gasteiger partial charge in [-0.2, -0.15) is 13.2 Å². The molecule has 4 heterocycles. The normalized spacial score (nSPS) is 19.4. The zero-order valence-corrected chi connectivity index (χ0v) is 20.1. The van der Waals surface area contributed by atoms with Crippen LogP contribution in [0.3, 0.4) is 0 Å². The number of allylic oxidation sites excluding steroid dienone is 1. The highest BCUT2D eigenvalue weighted by Gasteiger charge is 2.49. The Hall–Kier alpha value is -3.86. The van der Waals surface area contributed by atoms with Crippen molar-refractivity contribution in [1.29, 1.82) is 0 Å². The predicted molar refractivity (Wildman–Crippen MR) is 132 cm³/mol. The minimum absolute atomic E-state index is 0.00650. The van der Waals surface area contributed by atoms with Crippen molar-refractivity contribution in [3.05, 3.63) is 71.7 Å². The third kappa shape index (κ3) is 3.92. The van der Waals surface area contributed by atoms with Gasteiger partial charge in [-0.1, -0.05) is 35.9 Å². The van der Waals surface area contributed by atoms with Gasteiger partial charge in [0.15, 0.2) is 5.82 Å². The Kier molecular flexibility index (Phi) is 5.71. The lowest BCUT2D eigenvalue weighted by atomic mass is 9.96. The summed E-state index contributed by atoms with van der Waals surface area (Å²) < 4.78 is 67.5. The van der Waals surface area contributed by atoms with Crippen LogP contribution in [0.15, 0.2) is 55.0 Å². The number of anilines is 1. The second kappa shape index (κ2) is 8.87. The number of likely N-dealkylation sites (tertiary alicyclic amines) is 1. The Morgan fingerprint density at radius 1 is 1.08 bits per heavy atom. The van der Waals surface area contributed by atoms with E-state index in [0.717, 1.165) is 0 Å². The number of hydrogen-bond donors (Lipinski definition) is 0. The monoisotopic (exact) mass is 545 g/mol. The minimum Gasteiger partial charge on any atom is -0.349 e. The van der Waals surface area contributed by atoms with Crippen molar-refractivity contribution in [2.45, 2.75) is 24.7 Å². The predicted octanol–water partition coefficient (Wildman–Crippen LogP) is 5.68. The molecule has 12 heteroatoms. The lowest BCUT2D eigenvalue weighted by Gasteiger charge is -2.47. The van der Waals surface area contributed by atoms with Crippen molar-refractivity contribution in [3.8, 4) is 11.3 Å². The summed E-state index contributed by atoms with van der Waals surface area (Å²) in [6, 6.07) is 7.36. The van der Waals surface area contributed by atoms with Crippen molar-refractivity contribution in [2.75, 3.05) is 18.0 Å². The molecule has 0 aliphatic carbocycles. The van der Waals surface area contributed by atoms with Crippen LogP contribution in [0, 0.1) is 11.6 Å². The molecule has 0 saturated carbocycles. The maximum absolute atomic E-state index is 15.8. The Bertz CT molecular complexity index is 1640. The molecule has 2 aliphatic heterocycles. The molecule has 194 valence electrons. The number of amides is 1. The number of alkyl halides is 3. The molecule has 0 N–H and O–H groups in total. The summed E-state index contributed by atoms with van der Waals surface area (Å²) in [5.41, 5.74) is 0.273. The fourth-order valence-corrected chi connectivity index (χ4v) is 5.57. The van der Waals surface area contributed by atoms with E-state index < -0.39 is 23.7 Å². The summed E-state index contributed by atoms with van der Waals surface area (Å²) >= 11 is 6.23. The van der Waals surface area contributed by atoms with Crippen molar-refractivity contribution >= 4 is 45.0 Å². The lowest BCUT2D eigenvalue weighted by molar-refractivity contribution is -0.128. The van der Waals surface area contributed by atoms with Crippen LogP contribution in [0.1, 0.15) is 6.42 Å². The molecule has 2 saturated heterocycles. The van der Waals surface area contributed by atoms with Crippen molar-refractivity contribution in [2.24, 2.45) is 0 Å². The zero-order valence-electron chi connectivity index (χ0n) is 19.4. The summed E-state index contributed by atoms with van der Waals surface area (Å²) in [6.45, 7) is 0.620. The molecule has 2 fully saturated rings. The molecule has 0 spiro atoms. The van der Waals surface area contributed by atoms with E-state index >= 15 is 4.39 Å². The number of nitrogens with zero attached hydrogens (tertiary/aromatic N) is 5. The zero-order chi connectivity index (χ0) is 26.8. The average Bonchev–Trinajstić information content (AvgIpc) is 3.20. The minimum atomic E-state index is -4.57. The highest BCUT2D eigenvalue weighted by Crippen LogP contribution is 2.41. The number of pyridine rings is 1. The lowest BCUT2D eigenvalue weighted by Crippen LogP contribution is -2.63. The van der Waals surface area contributed by atoms with Gasteiger partial charge in [-0.3, -0.25) is 9.78 Å². The van der Waals surface area contributed by atoms with E-state index in [4.69, 9.17) is 11.6 Å². The van der Waals surface area contributed by atoms with Crippen molar-refractivity contribution in [1.82, 2.24) is 19.9 Å². The van der Waals surface area contributed by atoms with Gasteiger partial charge in [-0.15, -0.1) is 0 Å². The maximum atomic E-state index is 15.8.